The van der Waals surface area contributed by atoms with Gasteiger partial charge in [0.1, 0.15) is 0 Å². The standard InChI is InChI=1S/C60H40N2/c1-3-16-41(17-4-1)43-32-34-48(35-33-43)61(49-36-37-58-55(40-49)54-26-13-14-28-57(54)62(58)47-21-5-2-6-22-47)59-29-15-27-51(46-31-30-42-18-7-8-19-44(42)38-46)60(59)56-39-45-20-9-10-23-50(45)52-24-11-12-25-53(52)56/h1-40H. The highest BCUT2D eigenvalue weighted by atomic mass is 15.1. The fourth-order valence-corrected chi connectivity index (χ4v) is 9.68. The number of hydrogen-bond acceptors (Lipinski definition) is 1. The van der Waals surface area contributed by atoms with Crippen molar-refractivity contribution in [3.8, 4) is 39.1 Å². The highest BCUT2D eigenvalue weighted by Gasteiger charge is 2.24. The predicted molar refractivity (Wildman–Crippen MR) is 264 cm³/mol. The molecule has 0 saturated heterocycles. The Morgan fingerprint density at radius 1 is 0.290 bits per heavy atom. The van der Waals surface area contributed by atoms with Crippen molar-refractivity contribution < 1.29 is 0 Å². The first-order valence-electron chi connectivity index (χ1n) is 21.3. The second kappa shape index (κ2) is 14.8. The van der Waals surface area contributed by atoms with Crippen molar-refractivity contribution in [2.75, 3.05) is 4.90 Å². The van der Waals surface area contributed by atoms with Crippen molar-refractivity contribution in [3.63, 3.8) is 0 Å². The maximum absolute atomic E-state index is 2.48. The smallest absolute Gasteiger partial charge is 0.0546 e. The molecule has 290 valence electrons. The fraction of sp³-hybridized carbons (Fsp3) is 0. The number of rotatable bonds is 7. The number of aromatic nitrogens is 1. The molecule has 2 heteroatoms. The molecule has 0 unspecified atom stereocenters. The molecular weight excluding hydrogens is 749 g/mol. The zero-order valence-electron chi connectivity index (χ0n) is 34.0. The molecule has 62 heavy (non-hydrogen) atoms. The van der Waals surface area contributed by atoms with Gasteiger partial charge in [-0.1, -0.05) is 176 Å². The molecule has 0 bridgehead atoms. The average molecular weight is 789 g/mol. The van der Waals surface area contributed by atoms with Crippen LogP contribution in [0.2, 0.25) is 0 Å². The van der Waals surface area contributed by atoms with Gasteiger partial charge in [-0.25, -0.2) is 0 Å². The van der Waals surface area contributed by atoms with Crippen molar-refractivity contribution in [2.45, 2.75) is 0 Å². The van der Waals surface area contributed by atoms with E-state index in [4.69, 9.17) is 0 Å². The van der Waals surface area contributed by atoms with Crippen LogP contribution in [0.15, 0.2) is 243 Å². The Labute approximate surface area is 360 Å². The second-order valence-corrected chi connectivity index (χ2v) is 16.1. The maximum atomic E-state index is 2.48. The Kier molecular flexibility index (Phi) is 8.53. The summed E-state index contributed by atoms with van der Waals surface area (Å²) in [5.74, 6) is 0. The summed E-state index contributed by atoms with van der Waals surface area (Å²) in [4.78, 5) is 2.48. The van der Waals surface area contributed by atoms with Gasteiger partial charge in [-0.2, -0.15) is 0 Å². The monoisotopic (exact) mass is 788 g/mol. The molecule has 1 heterocycles. The SMILES string of the molecule is c1ccc(-c2ccc(N(c3ccc4c(c3)c3ccccc3n4-c3ccccc3)c3cccc(-c4ccc5ccccc5c4)c3-c3cc4ccccc4c4ccccc34)cc2)cc1. The third-order valence-electron chi connectivity index (χ3n) is 12.5. The van der Waals surface area contributed by atoms with E-state index in [1.165, 1.54) is 87.5 Å². The minimum Gasteiger partial charge on any atom is -0.310 e. The van der Waals surface area contributed by atoms with Crippen molar-refractivity contribution >= 4 is 71.2 Å². The first-order valence-corrected chi connectivity index (χ1v) is 21.3. The Morgan fingerprint density at radius 2 is 0.887 bits per heavy atom. The zero-order chi connectivity index (χ0) is 41.0. The van der Waals surface area contributed by atoms with Crippen LogP contribution in [0.25, 0.3) is 93.2 Å². The van der Waals surface area contributed by atoms with Gasteiger partial charge < -0.3 is 9.47 Å². The lowest BCUT2D eigenvalue weighted by Gasteiger charge is -2.30. The van der Waals surface area contributed by atoms with Crippen LogP contribution in [-0.2, 0) is 0 Å². The molecule has 2 nitrogen and oxygen atoms in total. The lowest BCUT2D eigenvalue weighted by atomic mass is 9.87. The van der Waals surface area contributed by atoms with Crippen molar-refractivity contribution in [3.05, 3.63) is 243 Å². The summed E-state index contributed by atoms with van der Waals surface area (Å²) in [6, 6.07) is 88.7. The molecule has 0 fully saturated rings. The molecule has 0 aliphatic carbocycles. The number of benzene rings is 11. The van der Waals surface area contributed by atoms with Crippen molar-refractivity contribution in [1.29, 1.82) is 0 Å². The number of hydrogen-bond donors (Lipinski definition) is 0. The fourth-order valence-electron chi connectivity index (χ4n) is 9.68. The van der Waals surface area contributed by atoms with Gasteiger partial charge in [0.05, 0.1) is 16.7 Å². The summed E-state index contributed by atoms with van der Waals surface area (Å²) in [6.07, 6.45) is 0. The van der Waals surface area contributed by atoms with E-state index in [0.717, 1.165) is 22.7 Å². The molecular formula is C60H40N2. The normalized spacial score (nSPS) is 11.5. The summed E-state index contributed by atoms with van der Waals surface area (Å²) in [5, 5.41) is 9.82. The summed E-state index contributed by atoms with van der Waals surface area (Å²) in [6.45, 7) is 0. The van der Waals surface area contributed by atoms with Crippen molar-refractivity contribution in [2.24, 2.45) is 0 Å². The van der Waals surface area contributed by atoms with E-state index in [0.29, 0.717) is 0 Å². The minimum absolute atomic E-state index is 1.08. The highest BCUT2D eigenvalue weighted by molar-refractivity contribution is 6.17. The van der Waals surface area contributed by atoms with Crippen LogP contribution in [-0.4, -0.2) is 4.57 Å². The van der Waals surface area contributed by atoms with Crippen LogP contribution in [0, 0.1) is 0 Å². The van der Waals surface area contributed by atoms with Gasteiger partial charge in [-0.3, -0.25) is 0 Å². The van der Waals surface area contributed by atoms with Crippen LogP contribution in [0.3, 0.4) is 0 Å². The van der Waals surface area contributed by atoms with Gasteiger partial charge in [-0.05, 0) is 127 Å². The van der Waals surface area contributed by atoms with Crippen LogP contribution in [0.4, 0.5) is 17.1 Å². The number of nitrogens with zero attached hydrogens (tertiary/aromatic N) is 2. The molecule has 0 amide bonds. The van der Waals surface area contributed by atoms with Gasteiger partial charge in [0, 0.05) is 33.4 Å². The van der Waals surface area contributed by atoms with Gasteiger partial charge in [0.15, 0.2) is 0 Å². The summed E-state index contributed by atoms with van der Waals surface area (Å²) >= 11 is 0. The van der Waals surface area contributed by atoms with Crippen LogP contribution in [0.1, 0.15) is 0 Å². The van der Waals surface area contributed by atoms with E-state index in [1.54, 1.807) is 0 Å². The van der Waals surface area contributed by atoms with E-state index in [2.05, 4.69) is 252 Å². The van der Waals surface area contributed by atoms with Gasteiger partial charge in [-0.15, -0.1) is 0 Å². The quantitative estimate of drug-likeness (QED) is 0.146. The Balaban J connectivity index is 1.17. The molecule has 0 aliphatic rings. The van der Waals surface area contributed by atoms with Gasteiger partial charge >= 0.3 is 0 Å². The largest absolute Gasteiger partial charge is 0.310 e. The molecule has 12 aromatic rings. The van der Waals surface area contributed by atoms with E-state index >= 15 is 0 Å². The third-order valence-corrected chi connectivity index (χ3v) is 12.5. The lowest BCUT2D eigenvalue weighted by molar-refractivity contribution is 1.18. The number of para-hydroxylation sites is 2. The Hall–Kier alpha value is -8.20. The molecule has 1 aromatic heterocycles. The van der Waals surface area contributed by atoms with Crippen LogP contribution < -0.4 is 4.90 Å². The van der Waals surface area contributed by atoms with Gasteiger partial charge in [0.25, 0.3) is 0 Å². The highest BCUT2D eigenvalue weighted by Crippen LogP contribution is 2.49. The Bertz CT molecular complexity index is 3620. The Morgan fingerprint density at radius 3 is 1.69 bits per heavy atom. The van der Waals surface area contributed by atoms with Gasteiger partial charge in [0.2, 0.25) is 0 Å². The number of anilines is 3. The molecule has 12 rings (SSSR count). The third kappa shape index (κ3) is 5.96. The predicted octanol–water partition coefficient (Wildman–Crippen LogP) is 16.7. The van der Waals surface area contributed by atoms with Crippen LogP contribution in [0.5, 0.6) is 0 Å². The molecule has 0 N–H and O–H groups in total. The molecule has 0 aliphatic heterocycles. The maximum Gasteiger partial charge on any atom is 0.0546 e. The lowest BCUT2D eigenvalue weighted by Crippen LogP contribution is -2.12. The minimum atomic E-state index is 1.08. The first-order chi connectivity index (χ1) is 30.8. The van der Waals surface area contributed by atoms with E-state index in [9.17, 15) is 0 Å². The number of fused-ring (bicyclic) bond motifs is 7. The van der Waals surface area contributed by atoms with E-state index in [-0.39, 0.29) is 0 Å². The molecule has 0 radical (unpaired) electrons. The van der Waals surface area contributed by atoms with E-state index in [1.807, 2.05) is 0 Å². The average Bonchev–Trinajstić information content (AvgIpc) is 3.68. The van der Waals surface area contributed by atoms with E-state index < -0.39 is 0 Å². The zero-order valence-corrected chi connectivity index (χ0v) is 34.0. The molecule has 0 spiro atoms. The second-order valence-electron chi connectivity index (χ2n) is 16.1. The summed E-state index contributed by atoms with van der Waals surface area (Å²) in [7, 11) is 0. The first kappa shape index (κ1) is 35.7. The van der Waals surface area contributed by atoms with Crippen molar-refractivity contribution in [1.82, 2.24) is 4.57 Å². The molecule has 0 saturated carbocycles. The molecule has 0 atom stereocenters. The summed E-state index contributed by atoms with van der Waals surface area (Å²) < 4.78 is 2.39. The topological polar surface area (TPSA) is 8.17 Å². The van der Waals surface area contributed by atoms with Crippen LogP contribution >= 0.6 is 0 Å². The summed E-state index contributed by atoms with van der Waals surface area (Å²) in [5.41, 5.74) is 13.9. The molecule has 11 aromatic carbocycles.